The molecule has 4 rings (SSSR count). The van der Waals surface area contributed by atoms with Gasteiger partial charge in [-0.05, 0) is 98.1 Å². The molecule has 5 atom stereocenters. The van der Waals surface area contributed by atoms with E-state index in [0.29, 0.717) is 41.9 Å². The number of aliphatic carboxylic acids is 1. The molecule has 7 nitrogen and oxygen atoms in total. The van der Waals surface area contributed by atoms with Gasteiger partial charge in [-0.3, -0.25) is 9.59 Å². The Morgan fingerprint density at radius 1 is 1.02 bits per heavy atom. The smallest absolute Gasteiger partial charge is 0.330 e. The van der Waals surface area contributed by atoms with Crippen LogP contribution >= 0.6 is 0 Å². The topological polar surface area (TPSA) is 110 Å². The summed E-state index contributed by atoms with van der Waals surface area (Å²) in [6, 6.07) is 0. The number of carbonyl (C=O) groups excluding carboxylic acids is 2. The van der Waals surface area contributed by atoms with Crippen LogP contribution in [-0.4, -0.2) is 39.0 Å². The fourth-order valence-corrected chi connectivity index (χ4v) is 7.34. The Bertz CT molecular complexity index is 1650. The van der Waals surface area contributed by atoms with Crippen molar-refractivity contribution in [3.05, 3.63) is 69.4 Å². The third kappa shape index (κ3) is 7.25. The summed E-state index contributed by atoms with van der Waals surface area (Å²) in [5.41, 5.74) is 2.15. The van der Waals surface area contributed by atoms with Crippen molar-refractivity contribution < 1.29 is 34.1 Å². The number of phenolic OH excluding ortho intramolecular Hbond substituents is 1. The van der Waals surface area contributed by atoms with Gasteiger partial charge in [0.25, 0.3) is 0 Å². The van der Waals surface area contributed by atoms with Gasteiger partial charge >= 0.3 is 5.97 Å². The standard InChI is InChI=1S/C41H54O7/c1-23(2)13-12-19-40(10)20-18-28-34(43)32-35(44)30-21-27(33(42)25(5)15-16-26(6)38(45)46)22-31(39(7,8)9)41(30,11)48-37(32)29(36(28)47-40)17-14-24(3)4/h13-14,16,18,20-21,25,27,31,43H,12,15,17,19,22H2,1-11H3,(H,45,46)/b26-16-. The van der Waals surface area contributed by atoms with Gasteiger partial charge < -0.3 is 19.7 Å². The Kier molecular flexibility index (Phi) is 10.4. The lowest BCUT2D eigenvalue weighted by Crippen LogP contribution is -2.55. The molecule has 0 saturated carbocycles. The van der Waals surface area contributed by atoms with E-state index in [1.807, 2.05) is 39.8 Å². The molecule has 0 saturated heterocycles. The van der Waals surface area contributed by atoms with Gasteiger partial charge in [0.2, 0.25) is 0 Å². The lowest BCUT2D eigenvalue weighted by molar-refractivity contribution is -0.132. The van der Waals surface area contributed by atoms with Crippen LogP contribution in [0.3, 0.4) is 0 Å². The second kappa shape index (κ2) is 13.6. The van der Waals surface area contributed by atoms with Crippen LogP contribution in [0.25, 0.3) is 6.08 Å². The largest absolute Gasteiger partial charge is 0.506 e. The lowest BCUT2D eigenvalue weighted by Gasteiger charge is -2.52. The van der Waals surface area contributed by atoms with Crippen molar-refractivity contribution >= 4 is 23.6 Å². The highest BCUT2D eigenvalue weighted by Crippen LogP contribution is 2.57. The summed E-state index contributed by atoms with van der Waals surface area (Å²) in [4.78, 5) is 39.9. The zero-order chi connectivity index (χ0) is 35.9. The van der Waals surface area contributed by atoms with Crippen molar-refractivity contribution in [2.75, 3.05) is 0 Å². The quantitative estimate of drug-likeness (QED) is 0.190. The number of carboxylic acid groups (broad SMARTS) is 1. The van der Waals surface area contributed by atoms with Gasteiger partial charge in [-0.15, -0.1) is 0 Å². The number of fused-ring (bicyclic) bond motifs is 3. The molecule has 2 heterocycles. The van der Waals surface area contributed by atoms with Crippen molar-refractivity contribution in [1.29, 1.82) is 0 Å². The van der Waals surface area contributed by atoms with E-state index in [1.54, 1.807) is 19.1 Å². The van der Waals surface area contributed by atoms with E-state index in [4.69, 9.17) is 9.47 Å². The highest BCUT2D eigenvalue weighted by molar-refractivity contribution is 6.16. The normalized spacial score (nSPS) is 25.4. The van der Waals surface area contributed by atoms with Gasteiger partial charge in [-0.2, -0.15) is 0 Å². The number of phenols is 1. The van der Waals surface area contributed by atoms with Gasteiger partial charge in [0.05, 0.1) is 5.56 Å². The molecule has 0 aromatic heterocycles. The number of carbonyl (C=O) groups is 3. The third-order valence-electron chi connectivity index (χ3n) is 10.2. The minimum absolute atomic E-state index is 0.0468. The van der Waals surface area contributed by atoms with Gasteiger partial charge in [-0.25, -0.2) is 4.79 Å². The molecule has 1 aliphatic carbocycles. The van der Waals surface area contributed by atoms with Gasteiger partial charge in [0, 0.05) is 34.5 Å². The number of ketones is 2. The van der Waals surface area contributed by atoms with Crippen molar-refractivity contribution in [3.63, 3.8) is 0 Å². The molecule has 7 heteroatoms. The zero-order valence-electron chi connectivity index (χ0n) is 30.7. The van der Waals surface area contributed by atoms with E-state index in [2.05, 4.69) is 46.8 Å². The molecule has 260 valence electrons. The molecule has 0 spiro atoms. The number of allylic oxidation sites excluding steroid dienone is 6. The molecule has 2 aliphatic heterocycles. The van der Waals surface area contributed by atoms with E-state index < -0.39 is 29.0 Å². The Balaban J connectivity index is 1.88. The predicted octanol–water partition coefficient (Wildman–Crippen LogP) is 9.38. The average molecular weight is 659 g/mol. The van der Waals surface area contributed by atoms with Gasteiger partial charge in [0.1, 0.15) is 39.8 Å². The van der Waals surface area contributed by atoms with Crippen LogP contribution in [0.2, 0.25) is 0 Å². The van der Waals surface area contributed by atoms with Crippen LogP contribution in [-0.2, 0) is 16.0 Å². The molecule has 1 aromatic carbocycles. The van der Waals surface area contributed by atoms with Crippen LogP contribution in [0.4, 0.5) is 0 Å². The van der Waals surface area contributed by atoms with Crippen molar-refractivity contribution in [1.82, 2.24) is 0 Å². The third-order valence-corrected chi connectivity index (χ3v) is 10.2. The molecule has 0 amide bonds. The van der Waals surface area contributed by atoms with E-state index in [9.17, 15) is 24.6 Å². The molecule has 3 aliphatic rings. The molecule has 5 unspecified atom stereocenters. The van der Waals surface area contributed by atoms with E-state index in [0.717, 1.165) is 24.0 Å². The number of carboxylic acids is 1. The summed E-state index contributed by atoms with van der Waals surface area (Å²) in [6.45, 7) is 21.8. The Morgan fingerprint density at radius 3 is 2.25 bits per heavy atom. The van der Waals surface area contributed by atoms with Crippen molar-refractivity contribution in [2.24, 2.45) is 23.2 Å². The predicted molar refractivity (Wildman–Crippen MR) is 191 cm³/mol. The molecule has 0 radical (unpaired) electrons. The Hall–Kier alpha value is -3.87. The highest BCUT2D eigenvalue weighted by Gasteiger charge is 2.56. The first-order valence-electron chi connectivity index (χ1n) is 17.2. The summed E-state index contributed by atoms with van der Waals surface area (Å²) in [6.07, 6.45) is 14.2. The number of hydrogen-bond donors (Lipinski definition) is 2. The fourth-order valence-electron chi connectivity index (χ4n) is 7.34. The number of Topliss-reactive ketones (excluding diaryl/α,β-unsaturated/α-hetero) is 2. The first-order chi connectivity index (χ1) is 22.2. The monoisotopic (exact) mass is 658 g/mol. The molecule has 2 N–H and O–H groups in total. The average Bonchev–Trinajstić information content (AvgIpc) is 2.97. The minimum Gasteiger partial charge on any atom is -0.506 e. The van der Waals surface area contributed by atoms with Gasteiger partial charge in [-0.1, -0.05) is 63.1 Å². The van der Waals surface area contributed by atoms with E-state index in [-0.39, 0.29) is 39.8 Å². The number of rotatable bonds is 10. The van der Waals surface area contributed by atoms with Crippen LogP contribution in [0, 0.1) is 23.2 Å². The van der Waals surface area contributed by atoms with Crippen LogP contribution in [0.5, 0.6) is 17.2 Å². The second-order valence-corrected chi connectivity index (χ2v) is 15.9. The van der Waals surface area contributed by atoms with Crippen LogP contribution in [0.15, 0.2) is 52.7 Å². The summed E-state index contributed by atoms with van der Waals surface area (Å²) >= 11 is 0. The van der Waals surface area contributed by atoms with Gasteiger partial charge in [0.15, 0.2) is 5.78 Å². The molecule has 48 heavy (non-hydrogen) atoms. The molecular formula is C41H54O7. The SMILES string of the molecule is CC(C)=CCCC1(C)C=Cc2c(O)c3c(c(CC=C(C)C)c2O1)OC1(C)C(=CC(C(=O)C(C)C/C=C(/C)C(=O)O)CC1C(C)(C)C)C3=O. The summed E-state index contributed by atoms with van der Waals surface area (Å²) < 4.78 is 13.8. The summed E-state index contributed by atoms with van der Waals surface area (Å²) in [5, 5.41) is 21.1. The lowest BCUT2D eigenvalue weighted by atomic mass is 9.59. The number of aromatic hydroxyl groups is 1. The number of ether oxygens (including phenoxy) is 2. The maximum absolute atomic E-state index is 14.7. The maximum atomic E-state index is 14.7. The summed E-state index contributed by atoms with van der Waals surface area (Å²) in [5.74, 6) is -1.94. The maximum Gasteiger partial charge on any atom is 0.330 e. The molecular weight excluding hydrogens is 604 g/mol. The molecule has 1 aromatic rings. The van der Waals surface area contributed by atoms with Crippen LogP contribution in [0.1, 0.15) is 123 Å². The number of hydrogen-bond acceptors (Lipinski definition) is 6. The fraction of sp³-hybridized carbons (Fsp3) is 0.537. The molecule has 0 fully saturated rings. The highest BCUT2D eigenvalue weighted by atomic mass is 16.5. The Labute approximate surface area is 286 Å². The minimum atomic E-state index is -1.07. The molecule has 0 bridgehead atoms. The Morgan fingerprint density at radius 2 is 1.67 bits per heavy atom. The van der Waals surface area contributed by atoms with Crippen molar-refractivity contribution in [2.45, 2.75) is 119 Å². The van der Waals surface area contributed by atoms with Crippen LogP contribution < -0.4 is 9.47 Å². The first-order valence-corrected chi connectivity index (χ1v) is 17.2. The van der Waals surface area contributed by atoms with Crippen molar-refractivity contribution in [3.8, 4) is 17.2 Å². The number of benzene rings is 1. The summed E-state index contributed by atoms with van der Waals surface area (Å²) in [7, 11) is 0. The second-order valence-electron chi connectivity index (χ2n) is 15.9. The van der Waals surface area contributed by atoms with E-state index in [1.165, 1.54) is 12.5 Å². The zero-order valence-corrected chi connectivity index (χ0v) is 30.7. The first kappa shape index (κ1) is 37.0. The van der Waals surface area contributed by atoms with E-state index >= 15 is 0 Å².